The third kappa shape index (κ3) is 3.21. The number of nitrogens with one attached hydrogen (secondary N) is 1. The lowest BCUT2D eigenvalue weighted by Crippen LogP contribution is -2.11. The molecule has 0 amide bonds. The van der Waals surface area contributed by atoms with E-state index in [4.69, 9.17) is 10.6 Å². The summed E-state index contributed by atoms with van der Waals surface area (Å²) in [7, 11) is 0. The fourth-order valence-electron chi connectivity index (χ4n) is 1.62. The smallest absolute Gasteiger partial charge is 0.224 e. The van der Waals surface area contributed by atoms with E-state index in [2.05, 4.69) is 15.4 Å². The van der Waals surface area contributed by atoms with Crippen LogP contribution < -0.4 is 16.0 Å². The van der Waals surface area contributed by atoms with Crippen molar-refractivity contribution in [3.63, 3.8) is 0 Å². The van der Waals surface area contributed by atoms with E-state index in [9.17, 15) is 4.39 Å². The third-order valence-corrected chi connectivity index (χ3v) is 2.75. The van der Waals surface area contributed by atoms with Gasteiger partial charge in [-0.05, 0) is 18.6 Å². The van der Waals surface area contributed by atoms with Crippen LogP contribution in [0.5, 0.6) is 11.6 Å². The van der Waals surface area contributed by atoms with E-state index in [0.29, 0.717) is 23.3 Å². The number of benzene rings is 1. The topological polar surface area (TPSA) is 73.1 Å². The number of hydrogen-bond donors (Lipinski definition) is 2. The molecule has 0 unspecified atom stereocenters. The molecule has 1 aromatic carbocycles. The zero-order valence-corrected chi connectivity index (χ0v) is 11.6. The molecule has 2 aromatic rings. The monoisotopic (exact) mass is 276 g/mol. The van der Waals surface area contributed by atoms with E-state index < -0.39 is 0 Å². The van der Waals surface area contributed by atoms with Crippen LogP contribution in [0.1, 0.15) is 31.2 Å². The number of hydrogen-bond acceptors (Lipinski definition) is 5. The van der Waals surface area contributed by atoms with Gasteiger partial charge < -0.3 is 10.2 Å². The van der Waals surface area contributed by atoms with Crippen molar-refractivity contribution in [2.45, 2.75) is 26.7 Å². The molecule has 1 heterocycles. The van der Waals surface area contributed by atoms with Gasteiger partial charge in [-0.25, -0.2) is 15.2 Å². The molecule has 0 fully saturated rings. The van der Waals surface area contributed by atoms with Gasteiger partial charge in [0.25, 0.3) is 0 Å². The average Bonchev–Trinajstić information content (AvgIpc) is 2.42. The molecule has 0 aliphatic heterocycles. The van der Waals surface area contributed by atoms with Crippen LogP contribution in [0, 0.1) is 12.7 Å². The first kappa shape index (κ1) is 14.2. The lowest BCUT2D eigenvalue weighted by atomic mass is 10.2. The summed E-state index contributed by atoms with van der Waals surface area (Å²) in [6.45, 7) is 5.76. The molecule has 0 atom stereocenters. The average molecular weight is 276 g/mol. The Labute approximate surface area is 117 Å². The van der Waals surface area contributed by atoms with Gasteiger partial charge in [0.2, 0.25) is 5.88 Å². The number of nitrogen functional groups attached to an aromatic ring is 1. The molecule has 0 aliphatic carbocycles. The van der Waals surface area contributed by atoms with Gasteiger partial charge in [-0.1, -0.05) is 19.9 Å². The quantitative estimate of drug-likeness (QED) is 0.663. The largest absolute Gasteiger partial charge is 0.438 e. The molecule has 20 heavy (non-hydrogen) atoms. The number of aryl methyl sites for hydroxylation is 1. The number of hydrazine groups is 1. The Balaban J connectivity index is 2.37. The number of nitrogens with two attached hydrogens (primary N) is 1. The maximum absolute atomic E-state index is 13.3. The van der Waals surface area contributed by atoms with Crippen molar-refractivity contribution in [2.24, 2.45) is 5.84 Å². The Morgan fingerprint density at radius 2 is 2.00 bits per heavy atom. The second-order valence-electron chi connectivity index (χ2n) is 4.76. The van der Waals surface area contributed by atoms with E-state index in [-0.39, 0.29) is 11.7 Å². The molecule has 5 nitrogen and oxygen atoms in total. The molecule has 0 aliphatic rings. The first-order valence-electron chi connectivity index (χ1n) is 6.29. The summed E-state index contributed by atoms with van der Waals surface area (Å²) in [5.41, 5.74) is 3.29. The summed E-state index contributed by atoms with van der Waals surface area (Å²) in [5, 5.41) is 0. The Kier molecular flexibility index (Phi) is 4.14. The SMILES string of the molecule is Cc1ccc(F)cc1Oc1cc(NN)nc(C(C)C)n1. The standard InChI is InChI=1S/C14H17FN4O/c1-8(2)14-17-12(19-16)7-13(18-14)20-11-6-10(15)5-4-9(11)3/h4-8H,16H2,1-3H3,(H,17,18,19). The summed E-state index contributed by atoms with van der Waals surface area (Å²) < 4.78 is 18.9. The number of rotatable bonds is 4. The van der Waals surface area contributed by atoms with E-state index >= 15 is 0 Å². The zero-order valence-electron chi connectivity index (χ0n) is 11.6. The molecule has 0 radical (unpaired) electrons. The third-order valence-electron chi connectivity index (χ3n) is 2.75. The summed E-state index contributed by atoms with van der Waals surface area (Å²) >= 11 is 0. The minimum absolute atomic E-state index is 0.124. The second kappa shape index (κ2) is 5.83. The molecule has 0 saturated carbocycles. The molecule has 0 bridgehead atoms. The predicted molar refractivity (Wildman–Crippen MR) is 75.1 cm³/mol. The van der Waals surface area contributed by atoms with Gasteiger partial charge in [-0.2, -0.15) is 4.98 Å². The van der Waals surface area contributed by atoms with Crippen LogP contribution in [-0.2, 0) is 0 Å². The lowest BCUT2D eigenvalue weighted by molar-refractivity contribution is 0.449. The highest BCUT2D eigenvalue weighted by Crippen LogP contribution is 2.26. The van der Waals surface area contributed by atoms with Crippen molar-refractivity contribution in [1.82, 2.24) is 9.97 Å². The molecule has 0 spiro atoms. The van der Waals surface area contributed by atoms with Crippen LogP contribution in [-0.4, -0.2) is 9.97 Å². The highest BCUT2D eigenvalue weighted by molar-refractivity contribution is 5.41. The minimum Gasteiger partial charge on any atom is -0.438 e. The molecule has 0 saturated heterocycles. The lowest BCUT2D eigenvalue weighted by Gasteiger charge is -2.12. The van der Waals surface area contributed by atoms with Gasteiger partial charge in [0.15, 0.2) is 0 Å². The van der Waals surface area contributed by atoms with Crippen LogP contribution in [0.2, 0.25) is 0 Å². The Bertz CT molecular complexity index is 616. The van der Waals surface area contributed by atoms with Gasteiger partial charge in [-0.15, -0.1) is 0 Å². The molecular formula is C14H17FN4O. The molecule has 6 heteroatoms. The predicted octanol–water partition coefficient (Wildman–Crippen LogP) is 3.13. The van der Waals surface area contributed by atoms with E-state index in [1.807, 2.05) is 20.8 Å². The van der Waals surface area contributed by atoms with Crippen molar-refractivity contribution in [2.75, 3.05) is 5.43 Å². The fourth-order valence-corrected chi connectivity index (χ4v) is 1.62. The Morgan fingerprint density at radius 3 is 2.65 bits per heavy atom. The molecule has 2 rings (SSSR count). The fraction of sp³-hybridized carbons (Fsp3) is 0.286. The zero-order chi connectivity index (χ0) is 14.7. The summed E-state index contributed by atoms with van der Waals surface area (Å²) in [4.78, 5) is 8.53. The summed E-state index contributed by atoms with van der Waals surface area (Å²) in [5.74, 6) is 6.94. The number of ether oxygens (including phenoxy) is 1. The first-order chi connectivity index (χ1) is 9.49. The normalized spacial score (nSPS) is 10.7. The van der Waals surface area contributed by atoms with Crippen LogP contribution in [0.4, 0.5) is 10.2 Å². The number of aromatic nitrogens is 2. The summed E-state index contributed by atoms with van der Waals surface area (Å²) in [6, 6.07) is 5.92. The number of anilines is 1. The highest BCUT2D eigenvalue weighted by Gasteiger charge is 2.10. The van der Waals surface area contributed by atoms with Gasteiger partial charge in [0, 0.05) is 18.1 Å². The Hall–Kier alpha value is -2.21. The maximum atomic E-state index is 13.3. The van der Waals surface area contributed by atoms with Crippen molar-refractivity contribution >= 4 is 5.82 Å². The van der Waals surface area contributed by atoms with Gasteiger partial charge in [-0.3, -0.25) is 0 Å². The van der Waals surface area contributed by atoms with Crippen molar-refractivity contribution in [3.8, 4) is 11.6 Å². The molecule has 106 valence electrons. The molecular weight excluding hydrogens is 259 g/mol. The molecule has 1 aromatic heterocycles. The van der Waals surface area contributed by atoms with Gasteiger partial charge in [0.1, 0.15) is 23.2 Å². The Morgan fingerprint density at radius 1 is 1.25 bits per heavy atom. The highest BCUT2D eigenvalue weighted by atomic mass is 19.1. The van der Waals surface area contributed by atoms with Crippen LogP contribution in [0.15, 0.2) is 24.3 Å². The minimum atomic E-state index is -0.360. The van der Waals surface area contributed by atoms with Crippen molar-refractivity contribution in [1.29, 1.82) is 0 Å². The summed E-state index contributed by atoms with van der Waals surface area (Å²) in [6.07, 6.45) is 0. The van der Waals surface area contributed by atoms with E-state index in [0.717, 1.165) is 5.56 Å². The van der Waals surface area contributed by atoms with Gasteiger partial charge >= 0.3 is 0 Å². The second-order valence-corrected chi connectivity index (χ2v) is 4.76. The van der Waals surface area contributed by atoms with Crippen molar-refractivity contribution < 1.29 is 9.13 Å². The van der Waals surface area contributed by atoms with Gasteiger partial charge in [0.05, 0.1) is 0 Å². The van der Waals surface area contributed by atoms with E-state index in [1.54, 1.807) is 12.1 Å². The van der Waals surface area contributed by atoms with Crippen LogP contribution in [0.3, 0.4) is 0 Å². The molecule has 3 N–H and O–H groups in total. The number of nitrogens with zero attached hydrogens (tertiary/aromatic N) is 2. The van der Waals surface area contributed by atoms with E-state index in [1.165, 1.54) is 12.1 Å². The maximum Gasteiger partial charge on any atom is 0.224 e. The van der Waals surface area contributed by atoms with Crippen LogP contribution >= 0.6 is 0 Å². The number of halogens is 1. The first-order valence-corrected chi connectivity index (χ1v) is 6.29. The van der Waals surface area contributed by atoms with Crippen LogP contribution in [0.25, 0.3) is 0 Å². The van der Waals surface area contributed by atoms with Crippen molar-refractivity contribution in [3.05, 3.63) is 41.5 Å².